The molecule has 3 aliphatic rings. The summed E-state index contributed by atoms with van der Waals surface area (Å²) in [6.07, 6.45) is 9.22. The van der Waals surface area contributed by atoms with Crippen molar-refractivity contribution in [2.24, 2.45) is 0 Å². The lowest BCUT2D eigenvalue weighted by Crippen LogP contribution is -2.54. The lowest BCUT2D eigenvalue weighted by molar-refractivity contribution is 0.0474. The molecule has 2 saturated carbocycles. The maximum atomic E-state index is 14.2. The highest BCUT2D eigenvalue weighted by Crippen LogP contribution is 2.35. The molecule has 2 amide bonds. The van der Waals surface area contributed by atoms with Crippen molar-refractivity contribution in [1.82, 2.24) is 25.1 Å². The quantitative estimate of drug-likeness (QED) is 0.441. The molecule has 0 spiro atoms. The lowest BCUT2D eigenvalue weighted by Gasteiger charge is -2.37. The second-order valence-corrected chi connectivity index (χ2v) is 11.3. The minimum atomic E-state index is -0.330. The molecule has 0 unspecified atom stereocenters. The van der Waals surface area contributed by atoms with E-state index in [0.29, 0.717) is 12.2 Å². The first kappa shape index (κ1) is 26.6. The first-order valence-corrected chi connectivity index (χ1v) is 14.8. The van der Waals surface area contributed by atoms with Crippen molar-refractivity contribution in [1.29, 1.82) is 0 Å². The smallest absolute Gasteiger partial charge is 0.407 e. The zero-order chi connectivity index (χ0) is 27.3. The Kier molecular flexibility index (Phi) is 8.14. The fourth-order valence-electron chi connectivity index (χ4n) is 6.32. The van der Waals surface area contributed by atoms with Gasteiger partial charge < -0.3 is 24.8 Å². The SMILES string of the molecule is O=C(N[C@H]1CCCC[C@@H]1n1cnc(C(=O)N2CCNC[C@H]2Cc2ccccc2)c1-c1ccccc1)OC1CCC1. The van der Waals surface area contributed by atoms with Crippen molar-refractivity contribution in [2.75, 3.05) is 19.6 Å². The van der Waals surface area contributed by atoms with Gasteiger partial charge in [-0.15, -0.1) is 0 Å². The standard InChI is InChI=1S/C32H39N5O3/c38-31(36-19-18-33-21-25(36)20-23-10-3-1-4-11-23)29-30(24-12-5-2-6-13-24)37(22-34-29)28-17-8-7-16-27(28)35-32(39)40-26-14-9-15-26/h1-6,10-13,22,25-28,33H,7-9,14-21H2,(H,35,39)/t25-,27+,28+/m1/s1. The molecule has 3 fully saturated rings. The second-order valence-electron chi connectivity index (χ2n) is 11.3. The highest BCUT2D eigenvalue weighted by atomic mass is 16.6. The van der Waals surface area contributed by atoms with Gasteiger partial charge in [-0.1, -0.05) is 73.5 Å². The molecular weight excluding hydrogens is 502 g/mol. The van der Waals surface area contributed by atoms with Crippen molar-refractivity contribution < 1.29 is 14.3 Å². The molecule has 6 rings (SSSR count). The number of hydrogen-bond acceptors (Lipinski definition) is 5. The molecule has 0 radical (unpaired) electrons. The van der Waals surface area contributed by atoms with E-state index in [0.717, 1.165) is 75.7 Å². The van der Waals surface area contributed by atoms with E-state index in [-0.39, 0.29) is 36.2 Å². The molecule has 2 N–H and O–H groups in total. The number of alkyl carbamates (subject to hydrolysis) is 1. The Balaban J connectivity index is 1.30. The zero-order valence-corrected chi connectivity index (χ0v) is 23.0. The third-order valence-corrected chi connectivity index (χ3v) is 8.68. The molecule has 0 bridgehead atoms. The van der Waals surface area contributed by atoms with Gasteiger partial charge in [0.25, 0.3) is 5.91 Å². The van der Waals surface area contributed by atoms with Crippen LogP contribution < -0.4 is 10.6 Å². The summed E-state index contributed by atoms with van der Waals surface area (Å²) in [7, 11) is 0. The van der Waals surface area contributed by atoms with Gasteiger partial charge in [-0.05, 0) is 44.1 Å². The topological polar surface area (TPSA) is 88.5 Å². The Morgan fingerprint density at radius 2 is 1.70 bits per heavy atom. The Hall–Kier alpha value is -3.65. The molecule has 1 aromatic heterocycles. The third-order valence-electron chi connectivity index (χ3n) is 8.68. The van der Waals surface area contributed by atoms with Gasteiger partial charge in [-0.25, -0.2) is 9.78 Å². The summed E-state index contributed by atoms with van der Waals surface area (Å²) in [6, 6.07) is 20.4. The van der Waals surface area contributed by atoms with E-state index in [1.807, 2.05) is 59.8 Å². The molecular formula is C32H39N5O3. The summed E-state index contributed by atoms with van der Waals surface area (Å²) in [5.41, 5.74) is 3.48. The molecule has 8 heteroatoms. The van der Waals surface area contributed by atoms with Gasteiger partial charge in [-0.3, -0.25) is 4.79 Å². The monoisotopic (exact) mass is 541 g/mol. The largest absolute Gasteiger partial charge is 0.446 e. The summed E-state index contributed by atoms with van der Waals surface area (Å²) in [5.74, 6) is -0.0373. The average molecular weight is 542 g/mol. The minimum absolute atomic E-state index is 0.00455. The van der Waals surface area contributed by atoms with Crippen molar-refractivity contribution in [2.45, 2.75) is 75.6 Å². The molecule has 1 saturated heterocycles. The molecule has 3 aromatic rings. The van der Waals surface area contributed by atoms with E-state index in [2.05, 4.69) is 27.3 Å². The number of nitrogens with one attached hydrogen (secondary N) is 2. The number of piperazine rings is 1. The second kappa shape index (κ2) is 12.3. The number of carbonyl (C=O) groups excluding carboxylic acids is 2. The van der Waals surface area contributed by atoms with Crippen LogP contribution in [-0.2, 0) is 11.2 Å². The molecule has 1 aliphatic heterocycles. The van der Waals surface area contributed by atoms with Crippen LogP contribution in [0, 0.1) is 0 Å². The fourth-order valence-corrected chi connectivity index (χ4v) is 6.32. The number of amides is 2. The number of benzene rings is 2. The van der Waals surface area contributed by atoms with Crippen molar-refractivity contribution in [3.8, 4) is 11.3 Å². The Morgan fingerprint density at radius 3 is 2.45 bits per heavy atom. The van der Waals surface area contributed by atoms with Gasteiger partial charge in [0.1, 0.15) is 6.10 Å². The van der Waals surface area contributed by atoms with Crippen LogP contribution >= 0.6 is 0 Å². The molecule has 8 nitrogen and oxygen atoms in total. The van der Waals surface area contributed by atoms with E-state index in [1.165, 1.54) is 5.56 Å². The lowest BCUT2D eigenvalue weighted by atomic mass is 9.89. The Bertz CT molecular complexity index is 1290. The van der Waals surface area contributed by atoms with Crippen LogP contribution in [0.15, 0.2) is 67.0 Å². The van der Waals surface area contributed by atoms with Gasteiger partial charge >= 0.3 is 6.09 Å². The number of aromatic nitrogens is 2. The zero-order valence-electron chi connectivity index (χ0n) is 23.0. The van der Waals surface area contributed by atoms with Crippen LogP contribution in [0.5, 0.6) is 0 Å². The summed E-state index contributed by atoms with van der Waals surface area (Å²) >= 11 is 0. The van der Waals surface area contributed by atoms with Gasteiger partial charge in [0, 0.05) is 31.2 Å². The Morgan fingerprint density at radius 1 is 0.950 bits per heavy atom. The molecule has 2 heterocycles. The maximum absolute atomic E-state index is 14.2. The van der Waals surface area contributed by atoms with E-state index in [1.54, 1.807) is 0 Å². The van der Waals surface area contributed by atoms with Gasteiger partial charge in [0.2, 0.25) is 0 Å². The van der Waals surface area contributed by atoms with E-state index < -0.39 is 0 Å². The number of carbonyl (C=O) groups is 2. The molecule has 2 aliphatic carbocycles. The highest BCUT2D eigenvalue weighted by molar-refractivity contribution is 5.98. The summed E-state index contributed by atoms with van der Waals surface area (Å²) in [5, 5.41) is 6.64. The minimum Gasteiger partial charge on any atom is -0.446 e. The predicted octanol–water partition coefficient (Wildman–Crippen LogP) is 4.97. The molecule has 210 valence electrons. The van der Waals surface area contributed by atoms with Crippen LogP contribution in [0.1, 0.15) is 67.0 Å². The van der Waals surface area contributed by atoms with Gasteiger partial charge in [-0.2, -0.15) is 0 Å². The third kappa shape index (κ3) is 5.77. The molecule has 40 heavy (non-hydrogen) atoms. The number of hydrogen-bond donors (Lipinski definition) is 2. The van der Waals surface area contributed by atoms with E-state index in [9.17, 15) is 9.59 Å². The van der Waals surface area contributed by atoms with Gasteiger partial charge in [0.15, 0.2) is 5.69 Å². The number of imidazole rings is 1. The summed E-state index contributed by atoms with van der Waals surface area (Å²) < 4.78 is 7.77. The normalized spacial score (nSPS) is 23.3. The Labute approximate surface area is 236 Å². The van der Waals surface area contributed by atoms with Gasteiger partial charge in [0.05, 0.1) is 24.1 Å². The van der Waals surface area contributed by atoms with Crippen molar-refractivity contribution in [3.63, 3.8) is 0 Å². The van der Waals surface area contributed by atoms with Crippen LogP contribution in [0.3, 0.4) is 0 Å². The fraction of sp³-hybridized carbons (Fsp3) is 0.469. The molecule has 2 aromatic carbocycles. The van der Waals surface area contributed by atoms with Crippen molar-refractivity contribution in [3.05, 3.63) is 78.2 Å². The number of ether oxygens (including phenoxy) is 1. The summed E-state index contributed by atoms with van der Waals surface area (Å²) in [6.45, 7) is 2.15. The summed E-state index contributed by atoms with van der Waals surface area (Å²) in [4.78, 5) is 33.7. The van der Waals surface area contributed by atoms with E-state index >= 15 is 0 Å². The van der Waals surface area contributed by atoms with Crippen molar-refractivity contribution >= 4 is 12.0 Å². The predicted molar refractivity (Wildman–Crippen MR) is 154 cm³/mol. The van der Waals surface area contributed by atoms with Crippen LogP contribution in [0.2, 0.25) is 0 Å². The first-order chi connectivity index (χ1) is 19.7. The maximum Gasteiger partial charge on any atom is 0.407 e. The average Bonchev–Trinajstić information content (AvgIpc) is 3.41. The number of nitrogens with zero attached hydrogens (tertiary/aromatic N) is 3. The van der Waals surface area contributed by atoms with Crippen LogP contribution in [0.4, 0.5) is 4.79 Å². The van der Waals surface area contributed by atoms with Crippen LogP contribution in [-0.4, -0.2) is 64.3 Å². The van der Waals surface area contributed by atoms with Crippen LogP contribution in [0.25, 0.3) is 11.3 Å². The highest BCUT2D eigenvalue weighted by Gasteiger charge is 2.35. The first-order valence-electron chi connectivity index (χ1n) is 14.8. The van der Waals surface area contributed by atoms with E-state index in [4.69, 9.17) is 9.72 Å². The number of rotatable bonds is 7. The molecule has 3 atom stereocenters.